The maximum Gasteiger partial charge on any atom is 0.222 e. The molecule has 2 N–H and O–H groups in total. The quantitative estimate of drug-likeness (QED) is 0.547. The first kappa shape index (κ1) is 15.2. The van der Waals surface area contributed by atoms with E-state index in [0.29, 0.717) is 13.0 Å². The number of hydrogen-bond donors (Lipinski definition) is 2. The summed E-state index contributed by atoms with van der Waals surface area (Å²) in [6, 6.07) is 9.40. The lowest BCUT2D eigenvalue weighted by molar-refractivity contribution is -0.122. The number of carbonyl (C=O) groups excluding carboxylic acids is 1. The number of amides is 1. The Hall–Kier alpha value is -1.83. The van der Waals surface area contributed by atoms with Gasteiger partial charge in [0.05, 0.1) is 19.1 Å². The predicted molar refractivity (Wildman–Crippen MR) is 73.3 cm³/mol. The van der Waals surface area contributed by atoms with Crippen LogP contribution in [0, 0.1) is 12.3 Å². The number of terminal acetylenes is 1. The van der Waals surface area contributed by atoms with E-state index >= 15 is 0 Å². The fraction of sp³-hybridized carbons (Fsp3) is 0.400. The van der Waals surface area contributed by atoms with E-state index in [-0.39, 0.29) is 31.6 Å². The number of benzene rings is 1. The van der Waals surface area contributed by atoms with Gasteiger partial charge in [-0.15, -0.1) is 6.42 Å². The van der Waals surface area contributed by atoms with Crippen LogP contribution in [0.5, 0.6) is 0 Å². The molecule has 1 atom stereocenters. The zero-order valence-electron chi connectivity index (χ0n) is 10.8. The fourth-order valence-corrected chi connectivity index (χ4v) is 1.70. The van der Waals surface area contributed by atoms with E-state index in [1.165, 1.54) is 0 Å². The molecular formula is C15H19NO3. The van der Waals surface area contributed by atoms with Crippen LogP contribution < -0.4 is 5.32 Å². The first-order valence-electron chi connectivity index (χ1n) is 6.24. The first-order chi connectivity index (χ1) is 9.27. The normalized spacial score (nSPS) is 11.6. The van der Waals surface area contributed by atoms with Crippen LogP contribution in [0.25, 0.3) is 0 Å². The summed E-state index contributed by atoms with van der Waals surface area (Å²) in [5.74, 6) is 2.23. The summed E-state index contributed by atoms with van der Waals surface area (Å²) in [6.07, 6.45) is 5.79. The molecule has 1 aromatic rings. The molecule has 0 aliphatic rings. The largest absolute Gasteiger partial charge is 0.396 e. The van der Waals surface area contributed by atoms with Crippen molar-refractivity contribution in [1.82, 2.24) is 5.32 Å². The van der Waals surface area contributed by atoms with Crippen molar-refractivity contribution < 1.29 is 14.6 Å². The van der Waals surface area contributed by atoms with Gasteiger partial charge >= 0.3 is 0 Å². The van der Waals surface area contributed by atoms with Gasteiger partial charge in [-0.1, -0.05) is 36.3 Å². The second-order valence-corrected chi connectivity index (χ2v) is 4.05. The Labute approximate surface area is 113 Å². The molecule has 0 fully saturated rings. The van der Waals surface area contributed by atoms with E-state index in [2.05, 4.69) is 11.2 Å². The van der Waals surface area contributed by atoms with Gasteiger partial charge in [-0.3, -0.25) is 4.79 Å². The molecule has 1 rings (SSSR count). The minimum atomic E-state index is -0.175. The highest BCUT2D eigenvalue weighted by atomic mass is 16.5. The Morgan fingerprint density at radius 2 is 2.16 bits per heavy atom. The fourth-order valence-electron chi connectivity index (χ4n) is 1.70. The number of aliphatic hydroxyl groups excluding tert-OH is 1. The summed E-state index contributed by atoms with van der Waals surface area (Å²) in [5, 5.41) is 11.9. The zero-order valence-corrected chi connectivity index (χ0v) is 10.8. The molecular weight excluding hydrogens is 242 g/mol. The van der Waals surface area contributed by atoms with Crippen molar-refractivity contribution >= 4 is 5.91 Å². The van der Waals surface area contributed by atoms with E-state index < -0.39 is 0 Å². The number of rotatable bonds is 8. The summed E-state index contributed by atoms with van der Waals surface area (Å²) >= 11 is 0. The van der Waals surface area contributed by atoms with Gasteiger partial charge in [-0.05, 0) is 12.0 Å². The highest BCUT2D eigenvalue weighted by Crippen LogP contribution is 2.15. The highest BCUT2D eigenvalue weighted by Gasteiger charge is 2.13. The molecule has 1 unspecified atom stereocenters. The molecule has 4 nitrogen and oxygen atoms in total. The average Bonchev–Trinajstić information content (AvgIpc) is 2.44. The van der Waals surface area contributed by atoms with Gasteiger partial charge in [-0.2, -0.15) is 0 Å². The molecule has 4 heteroatoms. The number of aliphatic hydroxyl groups is 1. The second kappa shape index (κ2) is 9.15. The molecule has 19 heavy (non-hydrogen) atoms. The van der Waals surface area contributed by atoms with Crippen molar-refractivity contribution in [2.24, 2.45) is 0 Å². The Morgan fingerprint density at radius 3 is 2.79 bits per heavy atom. The van der Waals surface area contributed by atoms with Crippen LogP contribution in [0.2, 0.25) is 0 Å². The van der Waals surface area contributed by atoms with Crippen molar-refractivity contribution in [3.63, 3.8) is 0 Å². The molecule has 0 saturated carbocycles. The molecule has 0 bridgehead atoms. The van der Waals surface area contributed by atoms with Gasteiger partial charge in [0.15, 0.2) is 0 Å². The van der Waals surface area contributed by atoms with Crippen molar-refractivity contribution in [1.29, 1.82) is 0 Å². The molecule has 0 aliphatic heterocycles. The van der Waals surface area contributed by atoms with Crippen molar-refractivity contribution in [2.45, 2.75) is 18.9 Å². The van der Waals surface area contributed by atoms with Gasteiger partial charge in [0, 0.05) is 6.61 Å². The summed E-state index contributed by atoms with van der Waals surface area (Å²) in [7, 11) is 0. The lowest BCUT2D eigenvalue weighted by atomic mass is 10.0. The van der Waals surface area contributed by atoms with Crippen molar-refractivity contribution in [3.8, 4) is 12.3 Å². The molecule has 0 saturated heterocycles. The van der Waals surface area contributed by atoms with Crippen LogP contribution in [-0.2, 0) is 9.53 Å². The van der Waals surface area contributed by atoms with E-state index in [9.17, 15) is 4.79 Å². The van der Waals surface area contributed by atoms with Crippen molar-refractivity contribution in [2.75, 3.05) is 19.8 Å². The standard InChI is InChI=1S/C15H19NO3/c1-2-11-19-12-9-15(18)16-14(8-10-17)13-6-4-3-5-7-13/h1,3-7,14,17H,8-12H2,(H,16,18). The van der Waals surface area contributed by atoms with E-state index in [0.717, 1.165) is 5.56 Å². The monoisotopic (exact) mass is 261 g/mol. The third-order valence-corrected chi connectivity index (χ3v) is 2.61. The summed E-state index contributed by atoms with van der Waals surface area (Å²) in [4.78, 5) is 11.7. The van der Waals surface area contributed by atoms with Gasteiger partial charge in [-0.25, -0.2) is 0 Å². The van der Waals surface area contributed by atoms with E-state index in [1.54, 1.807) is 0 Å². The summed E-state index contributed by atoms with van der Waals surface area (Å²) < 4.78 is 5.05. The Bertz CT molecular complexity index is 411. The smallest absolute Gasteiger partial charge is 0.222 e. The van der Waals surface area contributed by atoms with Gasteiger partial charge in [0.25, 0.3) is 0 Å². The molecule has 0 radical (unpaired) electrons. The number of nitrogens with one attached hydrogen (secondary N) is 1. The van der Waals surface area contributed by atoms with Gasteiger partial charge in [0.2, 0.25) is 5.91 Å². The van der Waals surface area contributed by atoms with E-state index in [4.69, 9.17) is 16.3 Å². The molecule has 0 heterocycles. The topological polar surface area (TPSA) is 58.6 Å². The maximum absolute atomic E-state index is 11.7. The molecule has 102 valence electrons. The minimum absolute atomic E-state index is 0.0213. The summed E-state index contributed by atoms with van der Waals surface area (Å²) in [5.41, 5.74) is 0.981. The van der Waals surface area contributed by atoms with Gasteiger partial charge in [0.1, 0.15) is 6.61 Å². The number of carbonyl (C=O) groups is 1. The minimum Gasteiger partial charge on any atom is -0.396 e. The second-order valence-electron chi connectivity index (χ2n) is 4.05. The Kier molecular flexibility index (Phi) is 7.33. The van der Waals surface area contributed by atoms with Crippen LogP contribution in [-0.4, -0.2) is 30.8 Å². The van der Waals surface area contributed by atoms with Crippen molar-refractivity contribution in [3.05, 3.63) is 35.9 Å². The number of hydrogen-bond acceptors (Lipinski definition) is 3. The third-order valence-electron chi connectivity index (χ3n) is 2.61. The molecule has 0 spiro atoms. The Morgan fingerprint density at radius 1 is 1.42 bits per heavy atom. The van der Waals surface area contributed by atoms with Crippen LogP contribution in [0.15, 0.2) is 30.3 Å². The molecule has 1 amide bonds. The molecule has 0 aliphatic carbocycles. The van der Waals surface area contributed by atoms with Crippen LogP contribution in [0.4, 0.5) is 0 Å². The van der Waals surface area contributed by atoms with Crippen LogP contribution in [0.3, 0.4) is 0 Å². The van der Waals surface area contributed by atoms with Gasteiger partial charge < -0.3 is 15.2 Å². The summed E-state index contributed by atoms with van der Waals surface area (Å²) in [6.45, 7) is 0.538. The average molecular weight is 261 g/mol. The zero-order chi connectivity index (χ0) is 13.9. The maximum atomic E-state index is 11.7. The predicted octanol–water partition coefficient (Wildman–Crippen LogP) is 1.27. The number of ether oxygens (including phenoxy) is 1. The molecule has 0 aromatic heterocycles. The highest BCUT2D eigenvalue weighted by molar-refractivity contribution is 5.76. The molecule has 1 aromatic carbocycles. The third kappa shape index (κ3) is 6.05. The first-order valence-corrected chi connectivity index (χ1v) is 6.24. The van der Waals surface area contributed by atoms with Crippen LogP contribution in [0.1, 0.15) is 24.4 Å². The lowest BCUT2D eigenvalue weighted by Gasteiger charge is -2.18. The van der Waals surface area contributed by atoms with E-state index in [1.807, 2.05) is 30.3 Å². The SMILES string of the molecule is C#CCOCCC(=O)NC(CCO)c1ccccc1. The Balaban J connectivity index is 2.45. The lowest BCUT2D eigenvalue weighted by Crippen LogP contribution is -2.29. The van der Waals surface area contributed by atoms with Crippen LogP contribution >= 0.6 is 0 Å².